The molecule has 9 nitrogen and oxygen atoms in total. The zero-order valence-corrected chi connectivity index (χ0v) is 22.1. The van der Waals surface area contributed by atoms with Gasteiger partial charge in [-0.25, -0.2) is 4.79 Å². The summed E-state index contributed by atoms with van der Waals surface area (Å²) < 4.78 is 18.2. The van der Waals surface area contributed by atoms with Gasteiger partial charge in [0.2, 0.25) is 0 Å². The number of aliphatic hydroxyl groups is 1. The van der Waals surface area contributed by atoms with Gasteiger partial charge in [0.05, 0.1) is 18.1 Å². The molecule has 1 fully saturated rings. The van der Waals surface area contributed by atoms with E-state index in [2.05, 4.69) is 23.2 Å². The van der Waals surface area contributed by atoms with Crippen molar-refractivity contribution in [2.75, 3.05) is 40.8 Å². The Kier molecular flexibility index (Phi) is 6.10. The molecule has 1 spiro atoms. The summed E-state index contributed by atoms with van der Waals surface area (Å²) >= 11 is 0. The van der Waals surface area contributed by atoms with Crippen molar-refractivity contribution in [2.45, 2.75) is 63.1 Å². The number of rotatable bonds is 7. The van der Waals surface area contributed by atoms with Crippen LogP contribution in [-0.2, 0) is 16.6 Å². The lowest BCUT2D eigenvalue weighted by Gasteiger charge is -2.61. The topological polar surface area (TPSA) is 104 Å². The molecule has 10 heteroatoms. The van der Waals surface area contributed by atoms with Gasteiger partial charge in [-0.1, -0.05) is 19.9 Å². The number of benzene rings is 1. The third-order valence-electron chi connectivity index (χ3n) is 8.62. The van der Waals surface area contributed by atoms with Gasteiger partial charge in [-0.3, -0.25) is 0 Å². The number of likely N-dealkylation sites (N-methyl/N-ethyl adjacent to an activating group) is 1. The standard InChI is InChI=1S/C26H38BN3O6/c1-24(2,14-28-27(3)33)15-30(5)23(31)35-18-9-10-26(32)19-13-16-7-8-17(34-6)21-20(16)25(26,22(18)36-21)11-12-29(19)4/h7-9,19,22,28,32-33H,10-15H2,1-6H3/t19-,22+,25+,26-/m1/s1. The van der Waals surface area contributed by atoms with Crippen LogP contribution in [-0.4, -0.2) is 91.7 Å². The number of amides is 1. The Bertz CT molecular complexity index is 1090. The fourth-order valence-corrected chi connectivity index (χ4v) is 6.95. The van der Waals surface area contributed by atoms with E-state index < -0.39 is 30.3 Å². The Labute approximate surface area is 213 Å². The van der Waals surface area contributed by atoms with Crippen molar-refractivity contribution < 1.29 is 29.1 Å². The number of ether oxygens (including phenoxy) is 3. The SMILES string of the molecule is COc1ccc2c3c1O[C@H]1C(OC(=O)N(C)CC(C)(C)CNB(C)O)=CC[C@@]4(O)[C@@H](C2)N(C)CC[C@]314. The molecule has 0 aromatic heterocycles. The molecule has 5 rings (SSSR count). The predicted octanol–water partition coefficient (Wildman–Crippen LogP) is 1.77. The smallest absolute Gasteiger partial charge is 0.414 e. The van der Waals surface area contributed by atoms with E-state index in [0.717, 1.165) is 24.1 Å². The average molecular weight is 499 g/mol. The number of nitrogens with zero attached hydrogens (tertiary/aromatic N) is 2. The summed E-state index contributed by atoms with van der Waals surface area (Å²) in [6, 6.07) is 3.95. The van der Waals surface area contributed by atoms with E-state index in [1.807, 2.05) is 26.0 Å². The van der Waals surface area contributed by atoms with Crippen LogP contribution in [0.3, 0.4) is 0 Å². The van der Waals surface area contributed by atoms with Gasteiger partial charge in [0.1, 0.15) is 5.76 Å². The molecule has 0 radical (unpaired) electrons. The number of piperidine rings is 1. The number of nitrogens with one attached hydrogen (secondary N) is 1. The maximum atomic E-state index is 13.2. The molecule has 2 aliphatic heterocycles. The number of likely N-dealkylation sites (tertiary alicyclic amines) is 1. The molecule has 0 saturated carbocycles. The first kappa shape index (κ1) is 25.4. The van der Waals surface area contributed by atoms with Gasteiger partial charge in [-0.05, 0) is 62.9 Å². The van der Waals surface area contributed by atoms with Crippen LogP contribution in [0.4, 0.5) is 4.79 Å². The first-order valence-electron chi connectivity index (χ1n) is 12.8. The lowest BCUT2D eigenvalue weighted by molar-refractivity contribution is -0.163. The van der Waals surface area contributed by atoms with Crippen LogP contribution < -0.4 is 14.7 Å². The minimum Gasteiger partial charge on any atom is -0.493 e. The van der Waals surface area contributed by atoms with Crippen LogP contribution in [0.1, 0.15) is 37.8 Å². The molecule has 4 atom stereocenters. The molecule has 1 aromatic rings. The number of carbonyl (C=O) groups is 1. The summed E-state index contributed by atoms with van der Waals surface area (Å²) in [6.45, 7) is 7.51. The van der Waals surface area contributed by atoms with E-state index >= 15 is 0 Å². The second kappa shape index (κ2) is 8.65. The Morgan fingerprint density at radius 2 is 2.17 bits per heavy atom. The van der Waals surface area contributed by atoms with Crippen LogP contribution in [0.15, 0.2) is 24.0 Å². The summed E-state index contributed by atoms with van der Waals surface area (Å²) in [5, 5.41) is 24.8. The summed E-state index contributed by atoms with van der Waals surface area (Å²) in [5.41, 5.74) is 0.152. The molecule has 1 saturated heterocycles. The molecule has 2 heterocycles. The minimum absolute atomic E-state index is 0.0532. The lowest BCUT2D eigenvalue weighted by Crippen LogP contribution is -2.74. The third kappa shape index (κ3) is 3.64. The second-order valence-electron chi connectivity index (χ2n) is 11.7. The normalized spacial score (nSPS) is 30.2. The molecule has 3 N–H and O–H groups in total. The van der Waals surface area contributed by atoms with E-state index in [9.17, 15) is 14.9 Å². The van der Waals surface area contributed by atoms with Gasteiger partial charge in [-0.15, -0.1) is 0 Å². The van der Waals surface area contributed by atoms with Crippen molar-refractivity contribution in [1.29, 1.82) is 0 Å². The molecule has 4 aliphatic rings. The Morgan fingerprint density at radius 3 is 2.86 bits per heavy atom. The zero-order valence-electron chi connectivity index (χ0n) is 22.1. The van der Waals surface area contributed by atoms with E-state index in [4.69, 9.17) is 14.2 Å². The molecular formula is C26H38BN3O6. The third-order valence-corrected chi connectivity index (χ3v) is 8.62. The monoisotopic (exact) mass is 499 g/mol. The number of hydrogen-bond acceptors (Lipinski definition) is 8. The van der Waals surface area contributed by atoms with Crippen LogP contribution in [0.5, 0.6) is 11.5 Å². The summed E-state index contributed by atoms with van der Waals surface area (Å²) in [4.78, 5) is 17.0. The maximum Gasteiger partial charge on any atom is 0.414 e. The van der Waals surface area contributed by atoms with Crippen molar-refractivity contribution >= 4 is 13.1 Å². The van der Waals surface area contributed by atoms with Crippen molar-refractivity contribution in [3.05, 3.63) is 35.1 Å². The fraction of sp³-hybridized carbons (Fsp3) is 0.654. The molecule has 36 heavy (non-hydrogen) atoms. The van der Waals surface area contributed by atoms with Gasteiger partial charge in [0.15, 0.2) is 17.6 Å². The van der Waals surface area contributed by atoms with Gasteiger partial charge in [-0.2, -0.15) is 0 Å². The van der Waals surface area contributed by atoms with E-state index in [-0.39, 0.29) is 11.5 Å². The Morgan fingerprint density at radius 1 is 1.42 bits per heavy atom. The fourth-order valence-electron chi connectivity index (χ4n) is 6.95. The highest BCUT2D eigenvalue weighted by Gasteiger charge is 2.72. The highest BCUT2D eigenvalue weighted by atomic mass is 16.6. The minimum atomic E-state index is -1.04. The second-order valence-corrected chi connectivity index (χ2v) is 11.7. The highest BCUT2D eigenvalue weighted by molar-refractivity contribution is 6.45. The molecule has 0 unspecified atom stereocenters. The number of carbonyl (C=O) groups excluding carboxylic acids is 1. The molecular weight excluding hydrogens is 461 g/mol. The van der Waals surface area contributed by atoms with Crippen LogP contribution in [0, 0.1) is 5.41 Å². The molecule has 1 aromatic carbocycles. The van der Waals surface area contributed by atoms with Crippen LogP contribution in [0.2, 0.25) is 6.82 Å². The van der Waals surface area contributed by atoms with Crippen LogP contribution in [0.25, 0.3) is 0 Å². The highest BCUT2D eigenvalue weighted by Crippen LogP contribution is 2.65. The lowest BCUT2D eigenvalue weighted by atomic mass is 9.50. The van der Waals surface area contributed by atoms with E-state index in [0.29, 0.717) is 43.2 Å². The molecule has 1 amide bonds. The van der Waals surface area contributed by atoms with E-state index in [1.54, 1.807) is 25.9 Å². The molecule has 196 valence electrons. The maximum absolute atomic E-state index is 13.2. The zero-order chi connectivity index (χ0) is 26.0. The van der Waals surface area contributed by atoms with Crippen LogP contribution >= 0.6 is 0 Å². The first-order chi connectivity index (χ1) is 16.9. The number of hydrogen-bond donors (Lipinski definition) is 3. The Hall–Kier alpha value is -2.27. The average Bonchev–Trinajstić information content (AvgIpc) is 3.17. The quantitative estimate of drug-likeness (QED) is 0.488. The molecule has 2 bridgehead atoms. The van der Waals surface area contributed by atoms with Gasteiger partial charge in [0, 0.05) is 31.6 Å². The molecule has 2 aliphatic carbocycles. The summed E-state index contributed by atoms with van der Waals surface area (Å²) in [5.74, 6) is 1.74. The van der Waals surface area contributed by atoms with Crippen molar-refractivity contribution in [2.24, 2.45) is 5.41 Å². The first-order valence-corrected chi connectivity index (χ1v) is 12.8. The summed E-state index contributed by atoms with van der Waals surface area (Å²) in [6.07, 6.45) is 2.56. The van der Waals surface area contributed by atoms with Crippen molar-refractivity contribution in [3.8, 4) is 11.5 Å². The van der Waals surface area contributed by atoms with Gasteiger partial charge in [0.25, 0.3) is 0 Å². The number of methoxy groups -OCH3 is 1. The van der Waals surface area contributed by atoms with E-state index in [1.165, 1.54) is 0 Å². The largest absolute Gasteiger partial charge is 0.493 e. The Balaban J connectivity index is 1.45. The summed E-state index contributed by atoms with van der Waals surface area (Å²) in [7, 11) is 4.78. The van der Waals surface area contributed by atoms with Gasteiger partial charge >= 0.3 is 13.1 Å². The van der Waals surface area contributed by atoms with Crippen molar-refractivity contribution in [3.63, 3.8) is 0 Å². The van der Waals surface area contributed by atoms with Gasteiger partial charge < -0.3 is 39.4 Å². The predicted molar refractivity (Wildman–Crippen MR) is 136 cm³/mol. The van der Waals surface area contributed by atoms with Crippen molar-refractivity contribution in [1.82, 2.24) is 15.0 Å².